The van der Waals surface area contributed by atoms with Gasteiger partial charge in [0.1, 0.15) is 19.0 Å². The molecule has 0 N–H and O–H groups in total. The molecule has 7 heteroatoms. The van der Waals surface area contributed by atoms with E-state index in [4.69, 9.17) is 32.7 Å². The Morgan fingerprint density at radius 1 is 1.17 bits per heavy atom. The average molecular weight is 348 g/mol. The first-order valence-corrected chi connectivity index (χ1v) is 7.71. The third-order valence-corrected chi connectivity index (χ3v) is 4.07. The average Bonchev–Trinajstić information content (AvgIpc) is 2.98. The van der Waals surface area contributed by atoms with Crippen LogP contribution in [0.15, 0.2) is 42.5 Å². The number of rotatable bonds is 3. The van der Waals surface area contributed by atoms with Crippen molar-refractivity contribution in [2.24, 2.45) is 0 Å². The maximum atomic E-state index is 6.10. The molecule has 3 aromatic rings. The van der Waals surface area contributed by atoms with Gasteiger partial charge in [0.2, 0.25) is 5.88 Å². The fraction of sp³-hybridized carbons (Fsp3) is 0.125. The van der Waals surface area contributed by atoms with E-state index >= 15 is 0 Å². The van der Waals surface area contributed by atoms with Crippen LogP contribution in [0.5, 0.6) is 11.6 Å². The lowest BCUT2D eigenvalue weighted by Crippen LogP contribution is -2.13. The molecule has 0 fully saturated rings. The maximum Gasteiger partial charge on any atom is 0.244 e. The van der Waals surface area contributed by atoms with E-state index in [-0.39, 0.29) is 6.61 Å². The lowest BCUT2D eigenvalue weighted by atomic mass is 10.2. The van der Waals surface area contributed by atoms with Crippen molar-refractivity contribution in [3.8, 4) is 17.3 Å². The second kappa shape index (κ2) is 5.76. The number of halogens is 2. The summed E-state index contributed by atoms with van der Waals surface area (Å²) in [4.78, 5) is 0. The van der Waals surface area contributed by atoms with Crippen molar-refractivity contribution in [3.05, 3.63) is 63.8 Å². The van der Waals surface area contributed by atoms with Crippen LogP contribution >= 0.6 is 23.2 Å². The number of para-hydroxylation sites is 1. The molecule has 23 heavy (non-hydrogen) atoms. The number of ether oxygens (including phenoxy) is 2. The van der Waals surface area contributed by atoms with Crippen LogP contribution in [-0.2, 0) is 13.2 Å². The Hall–Kier alpha value is -2.24. The molecule has 5 nitrogen and oxygen atoms in total. The Morgan fingerprint density at radius 3 is 2.91 bits per heavy atom. The van der Waals surface area contributed by atoms with Gasteiger partial charge < -0.3 is 9.47 Å². The quantitative estimate of drug-likeness (QED) is 0.717. The topological polar surface area (TPSA) is 49.2 Å². The molecular weight excluding hydrogens is 337 g/mol. The van der Waals surface area contributed by atoms with Crippen molar-refractivity contribution in [3.63, 3.8) is 0 Å². The molecule has 116 valence electrons. The second-order valence-electron chi connectivity index (χ2n) is 5.03. The van der Waals surface area contributed by atoms with E-state index in [0.717, 1.165) is 11.3 Å². The molecule has 1 aromatic heterocycles. The summed E-state index contributed by atoms with van der Waals surface area (Å²) in [6, 6.07) is 13.0. The first-order valence-electron chi connectivity index (χ1n) is 6.96. The third-order valence-electron chi connectivity index (χ3n) is 3.54. The van der Waals surface area contributed by atoms with Gasteiger partial charge >= 0.3 is 0 Å². The van der Waals surface area contributed by atoms with Gasteiger partial charge in [0.25, 0.3) is 0 Å². The van der Waals surface area contributed by atoms with Gasteiger partial charge in [0.05, 0.1) is 10.7 Å². The number of nitrogens with zero attached hydrogens (tertiary/aromatic N) is 3. The summed E-state index contributed by atoms with van der Waals surface area (Å²) in [5.41, 5.74) is 2.65. The largest absolute Gasteiger partial charge is 0.485 e. The van der Waals surface area contributed by atoms with E-state index in [1.165, 1.54) is 0 Å². The van der Waals surface area contributed by atoms with Crippen LogP contribution in [0.1, 0.15) is 11.3 Å². The second-order valence-corrected chi connectivity index (χ2v) is 5.88. The fourth-order valence-electron chi connectivity index (χ4n) is 2.42. The van der Waals surface area contributed by atoms with E-state index < -0.39 is 0 Å². The Kier molecular flexibility index (Phi) is 3.59. The molecule has 0 unspecified atom stereocenters. The summed E-state index contributed by atoms with van der Waals surface area (Å²) in [6.45, 7) is 0.692. The predicted molar refractivity (Wildman–Crippen MR) is 86.5 cm³/mol. The summed E-state index contributed by atoms with van der Waals surface area (Å²) >= 11 is 12.0. The SMILES string of the molecule is Clc1ccc(OCc2nnn3c2OCc2ccccc2-3)c(Cl)c1. The predicted octanol–water partition coefficient (Wildman–Crippen LogP) is 4.05. The number of fused-ring (bicyclic) bond motifs is 3. The van der Waals surface area contributed by atoms with Crippen LogP contribution in [0.25, 0.3) is 5.69 Å². The van der Waals surface area contributed by atoms with E-state index in [1.807, 2.05) is 24.3 Å². The molecule has 0 radical (unpaired) electrons. The fourth-order valence-corrected chi connectivity index (χ4v) is 2.88. The van der Waals surface area contributed by atoms with Gasteiger partial charge in [-0.05, 0) is 24.3 Å². The molecule has 2 aromatic carbocycles. The van der Waals surface area contributed by atoms with Crippen LogP contribution < -0.4 is 9.47 Å². The molecule has 1 aliphatic heterocycles. The van der Waals surface area contributed by atoms with E-state index in [9.17, 15) is 0 Å². The summed E-state index contributed by atoms with van der Waals surface area (Å²) in [5.74, 6) is 1.13. The zero-order valence-electron chi connectivity index (χ0n) is 11.9. The van der Waals surface area contributed by atoms with Gasteiger partial charge in [-0.3, -0.25) is 0 Å². The van der Waals surface area contributed by atoms with Crippen molar-refractivity contribution in [2.75, 3.05) is 0 Å². The van der Waals surface area contributed by atoms with E-state index in [0.29, 0.717) is 34.0 Å². The summed E-state index contributed by atoms with van der Waals surface area (Å²) in [6.07, 6.45) is 0. The number of benzene rings is 2. The molecule has 2 heterocycles. The van der Waals surface area contributed by atoms with Crippen LogP contribution in [0.3, 0.4) is 0 Å². The Labute approximate surface area is 142 Å². The lowest BCUT2D eigenvalue weighted by Gasteiger charge is -2.18. The van der Waals surface area contributed by atoms with Crippen LogP contribution in [0.4, 0.5) is 0 Å². The van der Waals surface area contributed by atoms with Gasteiger partial charge in [-0.25, -0.2) is 0 Å². The van der Waals surface area contributed by atoms with Crippen molar-refractivity contribution < 1.29 is 9.47 Å². The van der Waals surface area contributed by atoms with Gasteiger partial charge in [-0.15, -0.1) is 5.10 Å². The first kappa shape index (κ1) is 14.4. The summed E-state index contributed by atoms with van der Waals surface area (Å²) < 4.78 is 13.1. The molecule has 0 saturated carbocycles. The number of hydrogen-bond donors (Lipinski definition) is 0. The Balaban J connectivity index is 1.59. The molecule has 0 saturated heterocycles. The Bertz CT molecular complexity index is 880. The summed E-state index contributed by atoms with van der Waals surface area (Å²) in [5, 5.41) is 9.31. The number of hydrogen-bond acceptors (Lipinski definition) is 4. The monoisotopic (exact) mass is 347 g/mol. The molecule has 0 amide bonds. The third kappa shape index (κ3) is 2.62. The molecule has 1 aliphatic rings. The van der Waals surface area contributed by atoms with Gasteiger partial charge in [0, 0.05) is 10.6 Å². The minimum atomic E-state index is 0.207. The van der Waals surface area contributed by atoms with Gasteiger partial charge in [-0.2, -0.15) is 4.68 Å². The Morgan fingerprint density at radius 2 is 2.04 bits per heavy atom. The lowest BCUT2D eigenvalue weighted by molar-refractivity contribution is 0.251. The van der Waals surface area contributed by atoms with Crippen molar-refractivity contribution in [1.29, 1.82) is 0 Å². The highest BCUT2D eigenvalue weighted by molar-refractivity contribution is 6.35. The molecule has 0 aliphatic carbocycles. The van der Waals surface area contributed by atoms with Crippen LogP contribution in [0, 0.1) is 0 Å². The van der Waals surface area contributed by atoms with Crippen molar-refractivity contribution in [1.82, 2.24) is 15.0 Å². The highest BCUT2D eigenvalue weighted by atomic mass is 35.5. The highest BCUT2D eigenvalue weighted by Gasteiger charge is 2.23. The van der Waals surface area contributed by atoms with Gasteiger partial charge in [-0.1, -0.05) is 46.6 Å². The summed E-state index contributed by atoms with van der Waals surface area (Å²) in [7, 11) is 0. The number of aromatic nitrogens is 3. The van der Waals surface area contributed by atoms with Crippen LogP contribution in [-0.4, -0.2) is 15.0 Å². The highest BCUT2D eigenvalue weighted by Crippen LogP contribution is 2.31. The molecule has 0 atom stereocenters. The zero-order valence-corrected chi connectivity index (χ0v) is 13.4. The minimum absolute atomic E-state index is 0.207. The molecular formula is C16H11Cl2N3O2. The minimum Gasteiger partial charge on any atom is -0.485 e. The van der Waals surface area contributed by atoms with E-state index in [1.54, 1.807) is 22.9 Å². The molecule has 0 spiro atoms. The maximum absolute atomic E-state index is 6.10. The van der Waals surface area contributed by atoms with Crippen molar-refractivity contribution in [2.45, 2.75) is 13.2 Å². The van der Waals surface area contributed by atoms with Crippen molar-refractivity contribution >= 4 is 23.2 Å². The normalized spacial score (nSPS) is 12.3. The first-order chi connectivity index (χ1) is 11.2. The van der Waals surface area contributed by atoms with Crippen LogP contribution in [0.2, 0.25) is 10.0 Å². The molecule has 4 rings (SSSR count). The van der Waals surface area contributed by atoms with E-state index in [2.05, 4.69) is 10.3 Å². The standard InChI is InChI=1S/C16H11Cl2N3O2/c17-11-5-6-15(12(18)7-11)22-9-13-16-21(20-19-13)14-4-2-1-3-10(14)8-23-16/h1-7H,8-9H2. The molecule has 0 bridgehead atoms. The smallest absolute Gasteiger partial charge is 0.244 e. The van der Waals surface area contributed by atoms with Gasteiger partial charge in [0.15, 0.2) is 5.69 Å². The zero-order chi connectivity index (χ0) is 15.8.